The van der Waals surface area contributed by atoms with Gasteiger partial charge in [-0.1, -0.05) is 42.8 Å². The standard InChI is InChI=1S/C16H17ClFN/c1-3-12-4-6-13(7-5-12)11(2)19-14-8-9-16(18)15(17)10-14/h4-11,19H,3H2,1-2H3. The molecule has 0 aromatic heterocycles. The molecule has 0 heterocycles. The highest BCUT2D eigenvalue weighted by molar-refractivity contribution is 6.31. The van der Waals surface area contributed by atoms with Gasteiger partial charge in [-0.3, -0.25) is 0 Å². The third kappa shape index (κ3) is 3.48. The van der Waals surface area contributed by atoms with E-state index < -0.39 is 5.82 Å². The Morgan fingerprint density at radius 3 is 2.42 bits per heavy atom. The average molecular weight is 278 g/mol. The van der Waals surface area contributed by atoms with Crippen molar-refractivity contribution in [2.75, 3.05) is 5.32 Å². The minimum absolute atomic E-state index is 0.138. The van der Waals surface area contributed by atoms with E-state index in [1.54, 1.807) is 12.1 Å². The molecule has 0 aliphatic carbocycles. The summed E-state index contributed by atoms with van der Waals surface area (Å²) in [6, 6.07) is 13.3. The summed E-state index contributed by atoms with van der Waals surface area (Å²) in [5, 5.41) is 3.45. The number of aryl methyl sites for hydroxylation is 1. The number of halogens is 2. The van der Waals surface area contributed by atoms with Crippen molar-refractivity contribution in [2.45, 2.75) is 26.3 Å². The molecule has 0 bridgehead atoms. The van der Waals surface area contributed by atoms with Gasteiger partial charge in [-0.05, 0) is 42.7 Å². The van der Waals surface area contributed by atoms with Crippen LogP contribution in [-0.4, -0.2) is 0 Å². The lowest BCUT2D eigenvalue weighted by molar-refractivity contribution is 0.628. The van der Waals surface area contributed by atoms with Crippen molar-refractivity contribution in [2.24, 2.45) is 0 Å². The molecule has 19 heavy (non-hydrogen) atoms. The SMILES string of the molecule is CCc1ccc(C(C)Nc2ccc(F)c(Cl)c2)cc1. The van der Waals surface area contributed by atoms with Gasteiger partial charge in [0, 0.05) is 11.7 Å². The normalized spacial score (nSPS) is 12.2. The van der Waals surface area contributed by atoms with Gasteiger partial charge in [0.1, 0.15) is 5.82 Å². The summed E-state index contributed by atoms with van der Waals surface area (Å²) in [5.41, 5.74) is 3.33. The van der Waals surface area contributed by atoms with E-state index >= 15 is 0 Å². The molecule has 3 heteroatoms. The van der Waals surface area contributed by atoms with Gasteiger partial charge >= 0.3 is 0 Å². The van der Waals surface area contributed by atoms with Crippen molar-refractivity contribution in [3.8, 4) is 0 Å². The molecule has 1 nitrogen and oxygen atoms in total. The Hall–Kier alpha value is -1.54. The number of anilines is 1. The molecule has 0 spiro atoms. The van der Waals surface area contributed by atoms with Crippen molar-refractivity contribution in [3.05, 3.63) is 64.4 Å². The highest BCUT2D eigenvalue weighted by Gasteiger charge is 2.07. The Labute approximate surface area is 118 Å². The van der Waals surface area contributed by atoms with Crippen LogP contribution in [0.1, 0.15) is 31.0 Å². The van der Waals surface area contributed by atoms with E-state index in [1.807, 2.05) is 0 Å². The summed E-state index contributed by atoms with van der Waals surface area (Å²) < 4.78 is 13.1. The Morgan fingerprint density at radius 2 is 1.84 bits per heavy atom. The summed E-state index contributed by atoms with van der Waals surface area (Å²) >= 11 is 5.77. The van der Waals surface area contributed by atoms with E-state index in [0.29, 0.717) is 0 Å². The van der Waals surface area contributed by atoms with Crippen LogP contribution >= 0.6 is 11.6 Å². The fourth-order valence-corrected chi connectivity index (χ4v) is 2.14. The van der Waals surface area contributed by atoms with Gasteiger partial charge in [0.25, 0.3) is 0 Å². The minimum atomic E-state index is -0.396. The van der Waals surface area contributed by atoms with Crippen molar-refractivity contribution in [1.29, 1.82) is 0 Å². The van der Waals surface area contributed by atoms with Gasteiger partial charge in [-0.25, -0.2) is 4.39 Å². The van der Waals surface area contributed by atoms with Crippen molar-refractivity contribution >= 4 is 17.3 Å². The monoisotopic (exact) mass is 277 g/mol. The lowest BCUT2D eigenvalue weighted by Gasteiger charge is -2.16. The van der Waals surface area contributed by atoms with E-state index in [9.17, 15) is 4.39 Å². The molecule has 0 aliphatic heterocycles. The first kappa shape index (κ1) is 13.9. The number of nitrogens with one attached hydrogen (secondary N) is 1. The van der Waals surface area contributed by atoms with Crippen LogP contribution in [-0.2, 0) is 6.42 Å². The topological polar surface area (TPSA) is 12.0 Å². The lowest BCUT2D eigenvalue weighted by Crippen LogP contribution is -2.06. The fourth-order valence-electron chi connectivity index (χ4n) is 1.96. The van der Waals surface area contributed by atoms with Gasteiger partial charge in [0.05, 0.1) is 5.02 Å². The summed E-state index contributed by atoms with van der Waals surface area (Å²) in [6.45, 7) is 4.20. The first-order chi connectivity index (χ1) is 9.10. The molecule has 0 saturated carbocycles. The highest BCUT2D eigenvalue weighted by atomic mass is 35.5. The summed E-state index contributed by atoms with van der Waals surface area (Å²) in [4.78, 5) is 0. The van der Waals surface area contributed by atoms with Crippen LogP contribution < -0.4 is 5.32 Å². The number of rotatable bonds is 4. The van der Waals surface area contributed by atoms with E-state index in [-0.39, 0.29) is 11.1 Å². The molecular weight excluding hydrogens is 261 g/mol. The van der Waals surface area contributed by atoms with Crippen LogP contribution in [0.3, 0.4) is 0 Å². The maximum Gasteiger partial charge on any atom is 0.141 e. The predicted molar refractivity (Wildman–Crippen MR) is 79.3 cm³/mol. The second-order valence-electron chi connectivity index (χ2n) is 4.59. The van der Waals surface area contributed by atoms with Crippen LogP contribution in [0.2, 0.25) is 5.02 Å². The summed E-state index contributed by atoms with van der Waals surface area (Å²) in [7, 11) is 0. The van der Waals surface area contributed by atoms with Crippen LogP contribution in [0.15, 0.2) is 42.5 Å². The Kier molecular flexibility index (Phi) is 4.43. The highest BCUT2D eigenvalue weighted by Crippen LogP contribution is 2.24. The molecule has 0 amide bonds. The van der Waals surface area contributed by atoms with Crippen LogP contribution in [0.4, 0.5) is 10.1 Å². The quantitative estimate of drug-likeness (QED) is 0.808. The molecule has 0 saturated heterocycles. The largest absolute Gasteiger partial charge is 0.378 e. The van der Waals surface area contributed by atoms with Crippen molar-refractivity contribution in [3.63, 3.8) is 0 Å². The van der Waals surface area contributed by atoms with Crippen LogP contribution in [0.5, 0.6) is 0 Å². The summed E-state index contributed by atoms with van der Waals surface area (Å²) in [6.07, 6.45) is 1.04. The first-order valence-electron chi connectivity index (χ1n) is 6.40. The minimum Gasteiger partial charge on any atom is -0.378 e. The number of hydrogen-bond donors (Lipinski definition) is 1. The Morgan fingerprint density at radius 1 is 1.16 bits per heavy atom. The van der Waals surface area contributed by atoms with E-state index in [0.717, 1.165) is 12.1 Å². The zero-order valence-electron chi connectivity index (χ0n) is 11.1. The Balaban J connectivity index is 2.10. The number of benzene rings is 2. The molecule has 100 valence electrons. The molecule has 0 fully saturated rings. The predicted octanol–water partition coefficient (Wildman–Crippen LogP) is 5.21. The maximum absolute atomic E-state index is 13.1. The lowest BCUT2D eigenvalue weighted by atomic mass is 10.0. The average Bonchev–Trinajstić information content (AvgIpc) is 2.43. The molecule has 1 N–H and O–H groups in total. The van der Waals surface area contributed by atoms with Gasteiger partial charge in [-0.15, -0.1) is 0 Å². The molecule has 1 unspecified atom stereocenters. The molecule has 2 rings (SSSR count). The maximum atomic E-state index is 13.1. The number of hydrogen-bond acceptors (Lipinski definition) is 1. The Bertz CT molecular complexity index is 551. The molecular formula is C16H17ClFN. The first-order valence-corrected chi connectivity index (χ1v) is 6.78. The van der Waals surface area contributed by atoms with Crippen LogP contribution in [0.25, 0.3) is 0 Å². The molecule has 0 aliphatic rings. The van der Waals surface area contributed by atoms with Crippen molar-refractivity contribution < 1.29 is 4.39 Å². The van der Waals surface area contributed by atoms with Gasteiger partial charge < -0.3 is 5.32 Å². The third-order valence-corrected chi connectivity index (χ3v) is 3.48. The smallest absolute Gasteiger partial charge is 0.141 e. The van der Waals surface area contributed by atoms with Crippen molar-refractivity contribution in [1.82, 2.24) is 0 Å². The van der Waals surface area contributed by atoms with E-state index in [1.165, 1.54) is 17.2 Å². The van der Waals surface area contributed by atoms with Crippen LogP contribution in [0, 0.1) is 5.82 Å². The zero-order valence-corrected chi connectivity index (χ0v) is 11.8. The zero-order chi connectivity index (χ0) is 13.8. The second-order valence-corrected chi connectivity index (χ2v) is 5.00. The van der Waals surface area contributed by atoms with Gasteiger partial charge in [-0.2, -0.15) is 0 Å². The molecule has 1 atom stereocenters. The molecule has 2 aromatic rings. The summed E-state index contributed by atoms with van der Waals surface area (Å²) in [5.74, 6) is -0.396. The second kappa shape index (κ2) is 6.07. The third-order valence-electron chi connectivity index (χ3n) is 3.19. The van der Waals surface area contributed by atoms with E-state index in [2.05, 4.69) is 43.4 Å². The van der Waals surface area contributed by atoms with Gasteiger partial charge in [0.2, 0.25) is 0 Å². The molecule has 2 aromatic carbocycles. The van der Waals surface area contributed by atoms with Gasteiger partial charge in [0.15, 0.2) is 0 Å². The molecule has 0 radical (unpaired) electrons. The van der Waals surface area contributed by atoms with E-state index in [4.69, 9.17) is 11.6 Å². The fraction of sp³-hybridized carbons (Fsp3) is 0.250.